The minimum atomic E-state index is 0.0284. The van der Waals surface area contributed by atoms with Gasteiger partial charge in [0, 0.05) is 8.95 Å². The highest BCUT2D eigenvalue weighted by Gasteiger charge is 2.08. The minimum Gasteiger partial charge on any atom is -0.389 e. The molecule has 0 aliphatic carbocycles. The topological polar surface area (TPSA) is 77.0 Å². The molecule has 0 atom stereocenters. The zero-order chi connectivity index (χ0) is 10.8. The summed E-state index contributed by atoms with van der Waals surface area (Å²) in [5, 5.41) is 10.2. The maximum Gasteiger partial charge on any atom is 0.321 e. The molecule has 0 saturated heterocycles. The Morgan fingerprint density at radius 2 is 1.87 bits per heavy atom. The van der Waals surface area contributed by atoms with Crippen molar-refractivity contribution in [2.45, 2.75) is 0 Å². The summed E-state index contributed by atoms with van der Waals surface area (Å²) in [7, 11) is 0. The van der Waals surface area contributed by atoms with E-state index < -0.39 is 0 Å². The second kappa shape index (κ2) is 4.19. The molecular formula is C8H6Br2N4O. The van der Waals surface area contributed by atoms with Gasteiger partial charge in [0.05, 0.1) is 5.69 Å². The third kappa shape index (κ3) is 2.29. The van der Waals surface area contributed by atoms with Crippen LogP contribution in [0.3, 0.4) is 0 Å². The van der Waals surface area contributed by atoms with Crippen LogP contribution in [0.15, 0.2) is 31.6 Å². The third-order valence-electron chi connectivity index (χ3n) is 1.64. The van der Waals surface area contributed by atoms with Crippen molar-refractivity contribution in [3.63, 3.8) is 0 Å². The number of nitrogens with zero attached hydrogens (tertiary/aromatic N) is 2. The van der Waals surface area contributed by atoms with Crippen LogP contribution in [0.2, 0.25) is 0 Å². The van der Waals surface area contributed by atoms with Crippen molar-refractivity contribution in [3.05, 3.63) is 27.1 Å². The number of hydrogen-bond acceptors (Lipinski definition) is 5. The molecule has 0 aliphatic heterocycles. The lowest BCUT2D eigenvalue weighted by Crippen LogP contribution is -1.92. The zero-order valence-corrected chi connectivity index (χ0v) is 10.5. The van der Waals surface area contributed by atoms with Gasteiger partial charge in [0.25, 0.3) is 0 Å². The van der Waals surface area contributed by atoms with E-state index in [4.69, 9.17) is 10.2 Å². The molecule has 0 spiro atoms. The normalized spacial score (nSPS) is 10.3. The Bertz CT molecular complexity index is 465. The summed E-state index contributed by atoms with van der Waals surface area (Å²) in [6.45, 7) is 0. The predicted molar refractivity (Wildman–Crippen MR) is 63.8 cm³/mol. The molecule has 5 nitrogen and oxygen atoms in total. The van der Waals surface area contributed by atoms with Gasteiger partial charge in [-0.15, -0.1) is 0 Å². The summed E-state index contributed by atoms with van der Waals surface area (Å²) in [6, 6.07) is 5.97. The smallest absolute Gasteiger partial charge is 0.321 e. The maximum absolute atomic E-state index is 5.30. The highest BCUT2D eigenvalue weighted by atomic mass is 79.9. The molecule has 2 aromatic rings. The molecule has 7 heteroatoms. The number of nitrogens with one attached hydrogen (secondary N) is 1. The number of nitrogen functional groups attached to an aromatic ring is 1. The van der Waals surface area contributed by atoms with Gasteiger partial charge in [0.1, 0.15) is 0 Å². The SMILES string of the molecule is Nc1nnc(Nc2c(Br)cccc2Br)o1. The van der Waals surface area contributed by atoms with Gasteiger partial charge in [0.15, 0.2) is 0 Å². The molecular weight excluding hydrogens is 328 g/mol. The molecule has 1 heterocycles. The first-order chi connectivity index (χ1) is 7.16. The van der Waals surface area contributed by atoms with E-state index in [1.807, 2.05) is 18.2 Å². The quantitative estimate of drug-likeness (QED) is 0.883. The average Bonchev–Trinajstić information content (AvgIpc) is 2.58. The van der Waals surface area contributed by atoms with Crippen LogP contribution >= 0.6 is 31.9 Å². The summed E-state index contributed by atoms with van der Waals surface area (Å²) in [5.41, 5.74) is 6.11. The van der Waals surface area contributed by atoms with Crippen LogP contribution in [0.25, 0.3) is 0 Å². The Morgan fingerprint density at radius 1 is 1.20 bits per heavy atom. The van der Waals surface area contributed by atoms with E-state index >= 15 is 0 Å². The fourth-order valence-electron chi connectivity index (χ4n) is 1.01. The van der Waals surface area contributed by atoms with Crippen LogP contribution < -0.4 is 11.1 Å². The van der Waals surface area contributed by atoms with E-state index in [-0.39, 0.29) is 12.0 Å². The Balaban J connectivity index is 2.31. The van der Waals surface area contributed by atoms with Crippen molar-refractivity contribution in [1.82, 2.24) is 10.2 Å². The summed E-state index contributed by atoms with van der Waals surface area (Å²) < 4.78 is 6.77. The Morgan fingerprint density at radius 3 is 2.40 bits per heavy atom. The largest absolute Gasteiger partial charge is 0.389 e. The third-order valence-corrected chi connectivity index (χ3v) is 2.96. The van der Waals surface area contributed by atoms with Crippen molar-refractivity contribution in [3.8, 4) is 0 Å². The molecule has 2 rings (SSSR count). The van der Waals surface area contributed by atoms with Crippen molar-refractivity contribution in [2.75, 3.05) is 11.1 Å². The Labute approximate surface area is 102 Å². The second-order valence-corrected chi connectivity index (χ2v) is 4.38. The minimum absolute atomic E-state index is 0.0284. The molecule has 1 aromatic carbocycles. The first kappa shape index (κ1) is 10.4. The number of aromatic nitrogens is 2. The summed E-state index contributed by atoms with van der Waals surface area (Å²) in [6.07, 6.45) is 0. The fourth-order valence-corrected chi connectivity index (χ4v) is 2.21. The van der Waals surface area contributed by atoms with Crippen LogP contribution in [-0.4, -0.2) is 10.2 Å². The van der Waals surface area contributed by atoms with E-state index in [1.165, 1.54) is 0 Å². The maximum atomic E-state index is 5.30. The second-order valence-electron chi connectivity index (χ2n) is 2.67. The number of nitrogens with two attached hydrogens (primary N) is 1. The van der Waals surface area contributed by atoms with Gasteiger partial charge in [0.2, 0.25) is 0 Å². The monoisotopic (exact) mass is 332 g/mol. The van der Waals surface area contributed by atoms with Crippen molar-refractivity contribution in [2.24, 2.45) is 0 Å². The average molecular weight is 334 g/mol. The van der Waals surface area contributed by atoms with E-state index in [9.17, 15) is 0 Å². The predicted octanol–water partition coefficient (Wildman–Crippen LogP) is 2.92. The van der Waals surface area contributed by atoms with Gasteiger partial charge >= 0.3 is 12.0 Å². The van der Waals surface area contributed by atoms with Gasteiger partial charge in [-0.2, -0.15) is 0 Å². The number of halogens is 2. The van der Waals surface area contributed by atoms with Gasteiger partial charge in [-0.05, 0) is 44.0 Å². The van der Waals surface area contributed by atoms with Crippen LogP contribution in [0.4, 0.5) is 17.7 Å². The first-order valence-corrected chi connectivity index (χ1v) is 5.55. The van der Waals surface area contributed by atoms with Gasteiger partial charge < -0.3 is 15.5 Å². The van der Waals surface area contributed by atoms with Crippen LogP contribution in [0, 0.1) is 0 Å². The van der Waals surface area contributed by atoms with Crippen LogP contribution in [0.5, 0.6) is 0 Å². The van der Waals surface area contributed by atoms with Crippen LogP contribution in [0.1, 0.15) is 0 Å². The molecule has 0 saturated carbocycles. The van der Waals surface area contributed by atoms with E-state index in [1.54, 1.807) is 0 Å². The zero-order valence-electron chi connectivity index (χ0n) is 7.37. The molecule has 0 unspecified atom stereocenters. The number of para-hydroxylation sites is 1. The number of anilines is 3. The lowest BCUT2D eigenvalue weighted by atomic mass is 10.3. The lowest BCUT2D eigenvalue weighted by molar-refractivity contribution is 0.593. The Kier molecular flexibility index (Phi) is 2.92. The number of hydrogen-bond donors (Lipinski definition) is 2. The van der Waals surface area contributed by atoms with Crippen molar-refractivity contribution in [1.29, 1.82) is 0 Å². The van der Waals surface area contributed by atoms with Crippen LogP contribution in [-0.2, 0) is 0 Å². The van der Waals surface area contributed by atoms with Crippen molar-refractivity contribution >= 4 is 49.6 Å². The highest BCUT2D eigenvalue weighted by Crippen LogP contribution is 2.32. The molecule has 0 bridgehead atoms. The molecule has 0 amide bonds. The first-order valence-electron chi connectivity index (χ1n) is 3.97. The lowest BCUT2D eigenvalue weighted by Gasteiger charge is -2.05. The van der Waals surface area contributed by atoms with E-state index in [0.29, 0.717) is 0 Å². The summed E-state index contributed by atoms with van der Waals surface area (Å²) in [4.78, 5) is 0. The van der Waals surface area contributed by atoms with E-state index in [2.05, 4.69) is 47.4 Å². The number of rotatable bonds is 2. The molecule has 1 aromatic heterocycles. The summed E-state index contributed by atoms with van der Waals surface area (Å²) >= 11 is 6.80. The van der Waals surface area contributed by atoms with E-state index in [0.717, 1.165) is 14.6 Å². The molecule has 0 fully saturated rings. The molecule has 3 N–H and O–H groups in total. The number of benzene rings is 1. The van der Waals surface area contributed by atoms with Gasteiger partial charge in [-0.3, -0.25) is 0 Å². The highest BCUT2D eigenvalue weighted by molar-refractivity contribution is 9.11. The molecule has 0 aliphatic rings. The fraction of sp³-hybridized carbons (Fsp3) is 0. The van der Waals surface area contributed by atoms with Crippen molar-refractivity contribution < 1.29 is 4.42 Å². The molecule has 15 heavy (non-hydrogen) atoms. The standard InChI is InChI=1S/C8H6Br2N4O/c9-4-2-1-3-5(10)6(4)12-8-14-13-7(11)15-8/h1-3H,(H2,11,13)(H,12,14). The Hall–Kier alpha value is -1.08. The molecule has 78 valence electrons. The molecule has 0 radical (unpaired) electrons. The van der Waals surface area contributed by atoms with Gasteiger partial charge in [-0.25, -0.2) is 0 Å². The summed E-state index contributed by atoms with van der Waals surface area (Å²) in [5.74, 6) is 0. The van der Waals surface area contributed by atoms with Gasteiger partial charge in [-0.1, -0.05) is 16.3 Å².